The molecule has 0 aromatic heterocycles. The molecule has 0 N–H and O–H groups in total. The molecule has 1 aliphatic heterocycles. The molecule has 0 aromatic rings. The fourth-order valence-corrected chi connectivity index (χ4v) is 3.29. The van der Waals surface area contributed by atoms with Gasteiger partial charge < -0.3 is 9.64 Å². The van der Waals surface area contributed by atoms with E-state index >= 15 is 0 Å². The normalized spacial score (nSPS) is 21.6. The van der Waals surface area contributed by atoms with E-state index in [2.05, 4.69) is 34.7 Å². The Morgan fingerprint density at radius 1 is 1.31 bits per heavy atom. The Hall–Kier alpha value is 0.400. The molecule has 0 aromatic carbocycles. The predicted octanol–water partition coefficient (Wildman–Crippen LogP) is 3.01. The van der Waals surface area contributed by atoms with Gasteiger partial charge in [0.15, 0.2) is 0 Å². The quantitative estimate of drug-likeness (QED) is 0.698. The van der Waals surface area contributed by atoms with Crippen molar-refractivity contribution >= 4 is 15.9 Å². The number of ether oxygens (including phenoxy) is 1. The Kier molecular flexibility index (Phi) is 6.94. The summed E-state index contributed by atoms with van der Waals surface area (Å²) in [6.45, 7) is 9.35. The lowest BCUT2D eigenvalue weighted by Gasteiger charge is -2.34. The second-order valence-electron chi connectivity index (χ2n) is 5.36. The molecule has 0 radical (unpaired) electrons. The van der Waals surface area contributed by atoms with Crippen molar-refractivity contribution in [1.29, 1.82) is 0 Å². The Labute approximate surface area is 109 Å². The van der Waals surface area contributed by atoms with Gasteiger partial charge in [0, 0.05) is 25.6 Å². The molecule has 0 saturated carbocycles. The zero-order chi connectivity index (χ0) is 12.0. The second-order valence-corrected chi connectivity index (χ2v) is 6.01. The lowest BCUT2D eigenvalue weighted by atomic mass is 9.94. The Balaban J connectivity index is 2.25. The summed E-state index contributed by atoms with van der Waals surface area (Å²) < 4.78 is 5.23. The third-order valence-corrected chi connectivity index (χ3v) is 4.57. The van der Waals surface area contributed by atoms with E-state index in [1.807, 2.05) is 7.11 Å². The number of methoxy groups -OCH3 is 1. The third kappa shape index (κ3) is 4.72. The molecule has 3 heteroatoms. The molecule has 0 amide bonds. The standard InChI is InChI=1S/C13H26BrNO/c1-11(2)13(8-14)9-15-6-4-12(5-7-15)10-16-3/h11-13H,4-10H2,1-3H3. The first-order chi connectivity index (χ1) is 7.67. The van der Waals surface area contributed by atoms with E-state index in [1.165, 1.54) is 32.5 Å². The van der Waals surface area contributed by atoms with E-state index in [0.717, 1.165) is 29.7 Å². The van der Waals surface area contributed by atoms with E-state index in [0.29, 0.717) is 0 Å². The van der Waals surface area contributed by atoms with Gasteiger partial charge in [0.25, 0.3) is 0 Å². The number of alkyl halides is 1. The van der Waals surface area contributed by atoms with E-state index in [-0.39, 0.29) is 0 Å². The number of nitrogens with zero attached hydrogens (tertiary/aromatic N) is 1. The summed E-state index contributed by atoms with van der Waals surface area (Å²) in [5, 5.41) is 1.13. The molecule has 1 rings (SSSR count). The summed E-state index contributed by atoms with van der Waals surface area (Å²) in [6, 6.07) is 0. The first kappa shape index (κ1) is 14.5. The highest BCUT2D eigenvalue weighted by atomic mass is 79.9. The molecule has 96 valence electrons. The van der Waals surface area contributed by atoms with Gasteiger partial charge in [-0.3, -0.25) is 0 Å². The maximum absolute atomic E-state index is 5.23. The molecule has 1 unspecified atom stereocenters. The molecule has 1 heterocycles. The lowest BCUT2D eigenvalue weighted by Crippen LogP contribution is -2.39. The Morgan fingerprint density at radius 2 is 1.94 bits per heavy atom. The fraction of sp³-hybridized carbons (Fsp3) is 1.00. The van der Waals surface area contributed by atoms with E-state index in [4.69, 9.17) is 4.74 Å². The van der Waals surface area contributed by atoms with Gasteiger partial charge in [0.05, 0.1) is 0 Å². The zero-order valence-electron chi connectivity index (χ0n) is 10.9. The molecule has 1 aliphatic rings. The number of hydrogen-bond donors (Lipinski definition) is 0. The summed E-state index contributed by atoms with van der Waals surface area (Å²) in [4.78, 5) is 2.62. The topological polar surface area (TPSA) is 12.5 Å². The monoisotopic (exact) mass is 291 g/mol. The zero-order valence-corrected chi connectivity index (χ0v) is 12.5. The number of piperidine rings is 1. The number of hydrogen-bond acceptors (Lipinski definition) is 2. The minimum Gasteiger partial charge on any atom is -0.384 e. The van der Waals surface area contributed by atoms with Crippen molar-refractivity contribution in [1.82, 2.24) is 4.90 Å². The molecule has 0 spiro atoms. The van der Waals surface area contributed by atoms with Crippen LogP contribution in [0.2, 0.25) is 0 Å². The van der Waals surface area contributed by atoms with Crippen LogP contribution in [0.5, 0.6) is 0 Å². The van der Waals surface area contributed by atoms with Gasteiger partial charge in [-0.2, -0.15) is 0 Å². The fourth-order valence-electron chi connectivity index (χ4n) is 2.34. The van der Waals surface area contributed by atoms with E-state index < -0.39 is 0 Å². The number of halogens is 1. The summed E-state index contributed by atoms with van der Waals surface area (Å²) in [6.07, 6.45) is 2.61. The lowest BCUT2D eigenvalue weighted by molar-refractivity contribution is 0.0905. The van der Waals surface area contributed by atoms with Crippen LogP contribution in [-0.4, -0.2) is 43.6 Å². The first-order valence-electron chi connectivity index (χ1n) is 6.44. The van der Waals surface area contributed by atoms with Gasteiger partial charge in [-0.1, -0.05) is 29.8 Å². The van der Waals surface area contributed by atoms with Crippen LogP contribution in [0.4, 0.5) is 0 Å². The van der Waals surface area contributed by atoms with Crippen LogP contribution in [0, 0.1) is 17.8 Å². The van der Waals surface area contributed by atoms with Crippen LogP contribution in [0.25, 0.3) is 0 Å². The second kappa shape index (κ2) is 7.67. The molecule has 0 bridgehead atoms. The van der Waals surface area contributed by atoms with Gasteiger partial charge in [0.1, 0.15) is 0 Å². The van der Waals surface area contributed by atoms with Crippen molar-refractivity contribution in [2.45, 2.75) is 26.7 Å². The summed E-state index contributed by atoms with van der Waals surface area (Å²) in [7, 11) is 1.81. The SMILES string of the molecule is COCC1CCN(CC(CBr)C(C)C)CC1. The maximum Gasteiger partial charge on any atom is 0.0491 e. The van der Waals surface area contributed by atoms with Crippen LogP contribution >= 0.6 is 15.9 Å². The van der Waals surface area contributed by atoms with Crippen molar-refractivity contribution in [2.24, 2.45) is 17.8 Å². The van der Waals surface area contributed by atoms with Crippen LogP contribution in [0.15, 0.2) is 0 Å². The van der Waals surface area contributed by atoms with Crippen molar-refractivity contribution in [3.8, 4) is 0 Å². The number of likely N-dealkylation sites (tertiary alicyclic amines) is 1. The molecule has 1 atom stereocenters. The van der Waals surface area contributed by atoms with Gasteiger partial charge in [0.2, 0.25) is 0 Å². The van der Waals surface area contributed by atoms with E-state index in [1.54, 1.807) is 0 Å². The van der Waals surface area contributed by atoms with Crippen LogP contribution in [-0.2, 0) is 4.74 Å². The van der Waals surface area contributed by atoms with Gasteiger partial charge in [-0.15, -0.1) is 0 Å². The average Bonchev–Trinajstić information content (AvgIpc) is 2.28. The van der Waals surface area contributed by atoms with E-state index in [9.17, 15) is 0 Å². The summed E-state index contributed by atoms with van der Waals surface area (Å²) >= 11 is 3.63. The summed E-state index contributed by atoms with van der Waals surface area (Å²) in [5.41, 5.74) is 0. The molecular formula is C13H26BrNO. The van der Waals surface area contributed by atoms with Crippen LogP contribution < -0.4 is 0 Å². The molecule has 16 heavy (non-hydrogen) atoms. The van der Waals surface area contributed by atoms with Crippen LogP contribution in [0.1, 0.15) is 26.7 Å². The molecular weight excluding hydrogens is 266 g/mol. The molecule has 1 fully saturated rings. The highest BCUT2D eigenvalue weighted by Gasteiger charge is 2.22. The predicted molar refractivity (Wildman–Crippen MR) is 73.2 cm³/mol. The first-order valence-corrected chi connectivity index (χ1v) is 7.56. The highest BCUT2D eigenvalue weighted by Crippen LogP contribution is 2.21. The van der Waals surface area contributed by atoms with Gasteiger partial charge >= 0.3 is 0 Å². The summed E-state index contributed by atoms with van der Waals surface area (Å²) in [5.74, 6) is 2.36. The third-order valence-electron chi connectivity index (χ3n) is 3.74. The van der Waals surface area contributed by atoms with Gasteiger partial charge in [-0.05, 0) is 43.7 Å². The molecule has 2 nitrogen and oxygen atoms in total. The van der Waals surface area contributed by atoms with Crippen LogP contribution in [0.3, 0.4) is 0 Å². The van der Waals surface area contributed by atoms with Crippen molar-refractivity contribution in [2.75, 3.05) is 38.7 Å². The molecule has 0 aliphatic carbocycles. The minimum absolute atomic E-state index is 0.774. The minimum atomic E-state index is 0.774. The van der Waals surface area contributed by atoms with Crippen molar-refractivity contribution in [3.63, 3.8) is 0 Å². The Bertz CT molecular complexity index is 179. The largest absolute Gasteiger partial charge is 0.384 e. The van der Waals surface area contributed by atoms with Gasteiger partial charge in [-0.25, -0.2) is 0 Å². The average molecular weight is 292 g/mol. The number of rotatable bonds is 6. The smallest absolute Gasteiger partial charge is 0.0491 e. The maximum atomic E-state index is 5.23. The highest BCUT2D eigenvalue weighted by molar-refractivity contribution is 9.09. The van der Waals surface area contributed by atoms with Crippen molar-refractivity contribution in [3.05, 3.63) is 0 Å². The van der Waals surface area contributed by atoms with Crippen molar-refractivity contribution < 1.29 is 4.74 Å². The Morgan fingerprint density at radius 3 is 2.38 bits per heavy atom. The molecule has 1 saturated heterocycles.